The third-order valence-corrected chi connectivity index (χ3v) is 18.7. The number of hydrogen-bond donors (Lipinski definition) is 25. The minimum Gasteiger partial charge on any atom is -0.481 e. The highest BCUT2D eigenvalue weighted by atomic mass is 16.4. The molecule has 0 unspecified atom stereocenters. The van der Waals surface area contributed by atoms with Gasteiger partial charge in [-0.3, -0.25) is 77.8 Å². The fraction of sp³-hybridized carbons (Fsp3) is 0.507. The first-order valence-electron chi connectivity index (χ1n) is 37.6. The molecule has 2 aromatic heterocycles. The smallest absolute Gasteiger partial charge is 0.326 e. The van der Waals surface area contributed by atoms with Crippen LogP contribution in [-0.2, 0) is 91.2 Å². The summed E-state index contributed by atoms with van der Waals surface area (Å²) in [7, 11) is 0. The van der Waals surface area contributed by atoms with Crippen LogP contribution in [0, 0.1) is 11.8 Å². The Hall–Kier alpha value is -11.5. The molecule has 2 heterocycles. The van der Waals surface area contributed by atoms with E-state index in [9.17, 15) is 87.2 Å². The molecule has 32 N–H and O–H groups in total. The average molecular weight is 1610 g/mol. The summed E-state index contributed by atoms with van der Waals surface area (Å²) in [6.07, 6.45) is -3.48. The maximum atomic E-state index is 14.8. The molecule has 630 valence electrons. The predicted molar refractivity (Wildman–Crippen MR) is 421 cm³/mol. The van der Waals surface area contributed by atoms with Crippen molar-refractivity contribution in [1.82, 2.24) is 79.1 Å². The Morgan fingerprint density at radius 3 is 1.33 bits per heavy atom. The molecular weight excluding hydrogens is 1500 g/mol. The van der Waals surface area contributed by atoms with Crippen LogP contribution in [0.1, 0.15) is 123 Å². The van der Waals surface area contributed by atoms with E-state index in [1.165, 1.54) is 20.8 Å². The number of fused-ring (bicyclic) bond motifs is 2. The van der Waals surface area contributed by atoms with Gasteiger partial charge in [0.25, 0.3) is 0 Å². The number of aromatic nitrogens is 2. The van der Waals surface area contributed by atoms with Gasteiger partial charge in [0.05, 0.1) is 31.4 Å². The van der Waals surface area contributed by atoms with Crippen molar-refractivity contribution >= 4 is 111 Å². The van der Waals surface area contributed by atoms with Gasteiger partial charge in [0.1, 0.15) is 78.5 Å². The number of aliphatic hydroxyl groups excluding tert-OH is 1. The fourth-order valence-electron chi connectivity index (χ4n) is 12.3. The summed E-state index contributed by atoms with van der Waals surface area (Å²) >= 11 is 0. The van der Waals surface area contributed by atoms with E-state index in [1.54, 1.807) is 112 Å². The van der Waals surface area contributed by atoms with Gasteiger partial charge in [-0.05, 0) is 107 Å². The average Bonchev–Trinajstić information content (AvgIpc) is 1.77. The maximum Gasteiger partial charge on any atom is 0.326 e. The Labute approximate surface area is 663 Å². The highest BCUT2D eigenvalue weighted by Crippen LogP contribution is 2.23. The van der Waals surface area contributed by atoms with Gasteiger partial charge in [-0.2, -0.15) is 0 Å². The number of H-pyrrole nitrogens is 2. The maximum absolute atomic E-state index is 14.8. The van der Waals surface area contributed by atoms with Gasteiger partial charge in [-0.1, -0.05) is 101 Å². The SMILES string of the molecule is CC[C@H](C)[C@H](NC(=O)[C@H](CC(=O)O)NC(=O)[C@H](Cc1ccccc1)NC(=O)[C@H](Cc1c[nH]c2ccccc12)NC(=O)[C@@H](N)CC(N)=O)C(=O)N[C@H](C(=O)N[C@@H](CC(N)=O)C(=O)NC(C)(C)C(=O)N[C@@H](CC(C)C)C(=O)N[C@@H](Cc1c[nH]c2ccccc12)C(=O)N[C@@H](CCCNC(N)N)C(=O)N[C@@H](CCCNC(N)N)C(=O)O)[C@@H](C)O. The number of nitrogens with one attached hydrogen (secondary N) is 15. The van der Waals surface area contributed by atoms with Crippen LogP contribution in [0.4, 0.5) is 0 Å². The molecule has 40 nitrogen and oxygen atoms in total. The monoisotopic (exact) mass is 1610 g/mol. The van der Waals surface area contributed by atoms with Gasteiger partial charge in [-0.15, -0.1) is 0 Å². The number of carboxylic acids is 2. The van der Waals surface area contributed by atoms with Crippen molar-refractivity contribution < 1.29 is 87.2 Å². The van der Waals surface area contributed by atoms with E-state index < -0.39 is 205 Å². The first-order valence-corrected chi connectivity index (χ1v) is 37.6. The van der Waals surface area contributed by atoms with Crippen LogP contribution in [0.25, 0.3) is 21.8 Å². The molecule has 3 aromatic carbocycles. The van der Waals surface area contributed by atoms with Crippen LogP contribution < -0.4 is 109 Å². The molecule has 0 spiro atoms. The highest BCUT2D eigenvalue weighted by Gasteiger charge is 2.41. The number of aromatic amines is 2. The lowest BCUT2D eigenvalue weighted by atomic mass is 9.96. The topological polar surface area (TPSA) is 687 Å². The summed E-state index contributed by atoms with van der Waals surface area (Å²) in [4.78, 5) is 214. The second kappa shape index (κ2) is 45.4. The minimum atomic E-state index is -2.04. The Bertz CT molecular complexity index is 4190. The van der Waals surface area contributed by atoms with Gasteiger partial charge in [0, 0.05) is 53.5 Å². The molecule has 13 amide bonds. The summed E-state index contributed by atoms with van der Waals surface area (Å²) in [6.45, 7) is 10.4. The predicted octanol–water partition coefficient (Wildman–Crippen LogP) is -5.33. The molecule has 0 radical (unpaired) electrons. The van der Waals surface area contributed by atoms with E-state index in [4.69, 9.17) is 40.1 Å². The largest absolute Gasteiger partial charge is 0.481 e. The molecule has 0 bridgehead atoms. The Morgan fingerprint density at radius 2 is 0.852 bits per heavy atom. The number of rotatable bonds is 50. The number of benzene rings is 3. The molecule has 5 aromatic rings. The quantitative estimate of drug-likeness (QED) is 0.0128. The first-order chi connectivity index (χ1) is 54.2. The Balaban J connectivity index is 1.35. The van der Waals surface area contributed by atoms with Crippen LogP contribution in [0.15, 0.2) is 91.3 Å². The Kier molecular flexibility index (Phi) is 37.1. The van der Waals surface area contributed by atoms with Crippen LogP contribution in [0.3, 0.4) is 0 Å². The number of carboxylic acid groups (broad SMARTS) is 2. The number of carbonyl (C=O) groups is 15. The normalized spacial score (nSPS) is 15.0. The third kappa shape index (κ3) is 30.7. The molecule has 13 atom stereocenters. The number of nitrogens with two attached hydrogens (primary N) is 7. The lowest BCUT2D eigenvalue weighted by Crippen LogP contribution is -2.64. The van der Waals surface area contributed by atoms with Crippen molar-refractivity contribution in [2.45, 2.75) is 216 Å². The van der Waals surface area contributed by atoms with Crippen LogP contribution >= 0.6 is 0 Å². The van der Waals surface area contributed by atoms with Gasteiger partial charge in [0.2, 0.25) is 76.8 Å². The number of hydrogen-bond acceptors (Lipinski definition) is 23. The van der Waals surface area contributed by atoms with E-state index in [2.05, 4.69) is 79.1 Å². The number of primary amides is 2. The first kappa shape index (κ1) is 94.1. The molecule has 40 heteroatoms. The molecule has 0 aliphatic carbocycles. The van der Waals surface area contributed by atoms with Gasteiger partial charge in [0.15, 0.2) is 0 Å². The molecule has 0 aliphatic rings. The summed E-state index contributed by atoms with van der Waals surface area (Å²) in [6, 6.07) is 4.21. The second-order valence-electron chi connectivity index (χ2n) is 29.2. The van der Waals surface area contributed by atoms with Crippen molar-refractivity contribution in [2.75, 3.05) is 13.1 Å². The number of aliphatic carboxylic acids is 2. The van der Waals surface area contributed by atoms with Crippen LogP contribution in [-0.4, -0.2) is 218 Å². The molecule has 0 saturated carbocycles. The van der Waals surface area contributed by atoms with Crippen LogP contribution in [0.5, 0.6) is 0 Å². The van der Waals surface area contributed by atoms with Crippen molar-refractivity contribution in [1.29, 1.82) is 0 Å². The van der Waals surface area contributed by atoms with E-state index in [1.807, 2.05) is 0 Å². The molecule has 0 saturated heterocycles. The van der Waals surface area contributed by atoms with Gasteiger partial charge < -0.3 is 124 Å². The second-order valence-corrected chi connectivity index (χ2v) is 29.2. The van der Waals surface area contributed by atoms with Crippen molar-refractivity contribution in [3.05, 3.63) is 108 Å². The summed E-state index contributed by atoms with van der Waals surface area (Å²) < 4.78 is 0. The number of aliphatic hydroxyl groups is 1. The van der Waals surface area contributed by atoms with E-state index >= 15 is 0 Å². The van der Waals surface area contributed by atoms with E-state index in [0.29, 0.717) is 38.5 Å². The zero-order chi connectivity index (χ0) is 85.6. The highest BCUT2D eigenvalue weighted by molar-refractivity contribution is 6.02. The third-order valence-electron chi connectivity index (χ3n) is 18.7. The standard InChI is InChI=1S/C75H112N22O18/c1-8-38(4)59(95-67(109)55(34-58(101)102)92-64(106)51(29-40-18-10-9-11-19-40)90-66(108)52(89-61(103)45(76)32-56(77)99)30-41-35-85-46-22-14-12-20-43(41)46)69(111)96-60(39(5)98)70(112)93-54(33-57(78)100)68(110)97-75(6,7)72(115)94-50(28-37(2)3)63(105)91-53(31-42-36-86-47-23-15-13-21-44(42)47)65(107)87-48(24-16-26-83-73(79)80)62(104)88-49(71(113)114)25-17-27-84-74(81)82/h9-15,18-23,35-39,45,48-55,59-60,73-74,83-86,98H,8,16-17,24-34,76,79-82H2,1-7H3,(H2,77,99)(H2,78,100)(H,87,107)(H,88,104)(H,89,103)(H,90,108)(H,91,105)(H,92,106)(H,93,112)(H,94,115)(H,95,109)(H,96,111)(H,97,110)(H,101,102)(H,113,114)/t38-,39+,45-,48-,49-,50-,51-,52-,53-,54-,55-,59-,60-/m0/s1. The number of amides is 13. The molecule has 0 fully saturated rings. The number of para-hydroxylation sites is 2. The fourth-order valence-corrected chi connectivity index (χ4v) is 12.3. The van der Waals surface area contributed by atoms with Crippen molar-refractivity contribution in [3.8, 4) is 0 Å². The van der Waals surface area contributed by atoms with Gasteiger partial charge >= 0.3 is 11.9 Å². The summed E-state index contributed by atoms with van der Waals surface area (Å²) in [5.74, 6) is -18.0. The van der Waals surface area contributed by atoms with Crippen molar-refractivity contribution in [3.63, 3.8) is 0 Å². The lowest BCUT2D eigenvalue weighted by Gasteiger charge is -2.32. The zero-order valence-electron chi connectivity index (χ0n) is 65.3. The van der Waals surface area contributed by atoms with Crippen molar-refractivity contribution in [2.24, 2.45) is 52.0 Å². The Morgan fingerprint density at radius 1 is 0.443 bits per heavy atom. The molecule has 5 rings (SSSR count). The van der Waals surface area contributed by atoms with Crippen LogP contribution in [0.2, 0.25) is 0 Å². The summed E-state index contributed by atoms with van der Waals surface area (Å²) in [5, 5.41) is 65.7. The van der Waals surface area contributed by atoms with E-state index in [0.717, 1.165) is 6.92 Å². The zero-order valence-corrected chi connectivity index (χ0v) is 65.3. The minimum absolute atomic E-state index is 0.0663. The molecule has 115 heavy (non-hydrogen) atoms. The molecular formula is C75H112N22O18. The summed E-state index contributed by atoms with van der Waals surface area (Å²) in [5.41, 5.74) is 40.2. The van der Waals surface area contributed by atoms with Gasteiger partial charge in [-0.25, -0.2) is 4.79 Å². The number of carbonyl (C=O) groups excluding carboxylic acids is 13. The van der Waals surface area contributed by atoms with E-state index in [-0.39, 0.29) is 76.8 Å². The lowest BCUT2D eigenvalue weighted by molar-refractivity contribution is -0.142. The molecule has 0 aliphatic heterocycles.